The molecule has 19 heavy (non-hydrogen) atoms. The summed E-state index contributed by atoms with van der Waals surface area (Å²) >= 11 is 0. The molecule has 0 aromatic heterocycles. The second kappa shape index (κ2) is 7.91. The molecule has 0 bridgehead atoms. The summed E-state index contributed by atoms with van der Waals surface area (Å²) in [6.45, 7) is 12.4. The van der Waals surface area contributed by atoms with Crippen LogP contribution in [0.25, 0.3) is 0 Å². The molecule has 0 spiro atoms. The monoisotopic (exact) mass is 266 g/mol. The van der Waals surface area contributed by atoms with Gasteiger partial charge < -0.3 is 4.90 Å². The number of amidine groups is 1. The molecule has 2 heteroatoms. The van der Waals surface area contributed by atoms with Crippen LogP contribution < -0.4 is 0 Å². The SMILES string of the molecule is CCCCCCCCCC1=NC(C)(C)CN1C(C)C. The van der Waals surface area contributed by atoms with Crippen molar-refractivity contribution in [2.45, 2.75) is 97.6 Å². The first kappa shape index (κ1) is 16.5. The summed E-state index contributed by atoms with van der Waals surface area (Å²) in [4.78, 5) is 7.41. The quantitative estimate of drug-likeness (QED) is 0.534. The zero-order valence-corrected chi connectivity index (χ0v) is 13.8. The first-order valence-electron chi connectivity index (χ1n) is 8.31. The third-order valence-corrected chi connectivity index (χ3v) is 3.95. The number of rotatable bonds is 9. The predicted octanol–water partition coefficient (Wildman–Crippen LogP) is 5.03. The molecule has 0 radical (unpaired) electrons. The highest BCUT2D eigenvalue weighted by atomic mass is 15.3. The van der Waals surface area contributed by atoms with Gasteiger partial charge in [-0.05, 0) is 34.1 Å². The second-order valence-electron chi connectivity index (χ2n) is 6.93. The third-order valence-electron chi connectivity index (χ3n) is 3.95. The molecule has 2 nitrogen and oxygen atoms in total. The largest absolute Gasteiger partial charge is 0.356 e. The van der Waals surface area contributed by atoms with Gasteiger partial charge in [0.05, 0.1) is 11.4 Å². The molecule has 0 saturated heterocycles. The van der Waals surface area contributed by atoms with Crippen LogP contribution in [-0.4, -0.2) is 28.9 Å². The molecule has 0 atom stereocenters. The molecule has 0 N–H and O–H groups in total. The van der Waals surface area contributed by atoms with Crippen LogP contribution in [0.3, 0.4) is 0 Å². The molecule has 1 aliphatic heterocycles. The van der Waals surface area contributed by atoms with Crippen LogP contribution >= 0.6 is 0 Å². The van der Waals surface area contributed by atoms with Crippen LogP contribution in [0.5, 0.6) is 0 Å². The van der Waals surface area contributed by atoms with E-state index in [9.17, 15) is 0 Å². The van der Waals surface area contributed by atoms with E-state index in [4.69, 9.17) is 4.99 Å². The Kier molecular flexibility index (Phi) is 6.88. The summed E-state index contributed by atoms with van der Waals surface area (Å²) in [6.07, 6.45) is 10.8. The molecule has 0 aromatic carbocycles. The van der Waals surface area contributed by atoms with E-state index in [0.717, 1.165) is 6.54 Å². The predicted molar refractivity (Wildman–Crippen MR) is 86.0 cm³/mol. The molecule has 1 rings (SSSR count). The average molecular weight is 266 g/mol. The fourth-order valence-electron chi connectivity index (χ4n) is 2.88. The Labute approximate surface area is 120 Å². The van der Waals surface area contributed by atoms with E-state index in [1.54, 1.807) is 0 Å². The maximum absolute atomic E-state index is 4.91. The molecule has 0 saturated carbocycles. The maximum Gasteiger partial charge on any atom is 0.0999 e. The summed E-state index contributed by atoms with van der Waals surface area (Å²) in [7, 11) is 0. The zero-order valence-electron chi connectivity index (χ0n) is 13.8. The van der Waals surface area contributed by atoms with Crippen LogP contribution in [0, 0.1) is 0 Å². The smallest absolute Gasteiger partial charge is 0.0999 e. The summed E-state index contributed by atoms with van der Waals surface area (Å²) in [5, 5.41) is 0. The highest BCUT2D eigenvalue weighted by Gasteiger charge is 2.31. The van der Waals surface area contributed by atoms with Gasteiger partial charge in [-0.1, -0.05) is 45.4 Å². The van der Waals surface area contributed by atoms with Gasteiger partial charge in [0.1, 0.15) is 0 Å². The fourth-order valence-corrected chi connectivity index (χ4v) is 2.88. The summed E-state index contributed by atoms with van der Waals surface area (Å²) < 4.78 is 0. The second-order valence-corrected chi connectivity index (χ2v) is 6.93. The summed E-state index contributed by atoms with van der Waals surface area (Å²) in [6, 6.07) is 0.588. The van der Waals surface area contributed by atoms with Crippen molar-refractivity contribution in [3.05, 3.63) is 0 Å². The molecule has 0 amide bonds. The lowest BCUT2D eigenvalue weighted by atomic mass is 10.1. The van der Waals surface area contributed by atoms with E-state index in [1.165, 1.54) is 57.2 Å². The fraction of sp³-hybridized carbons (Fsp3) is 0.941. The minimum absolute atomic E-state index is 0.126. The van der Waals surface area contributed by atoms with E-state index >= 15 is 0 Å². The van der Waals surface area contributed by atoms with Crippen molar-refractivity contribution in [2.75, 3.05) is 6.54 Å². The van der Waals surface area contributed by atoms with E-state index < -0.39 is 0 Å². The molecule has 0 fully saturated rings. The Morgan fingerprint density at radius 1 is 1.05 bits per heavy atom. The van der Waals surface area contributed by atoms with Gasteiger partial charge in [-0.3, -0.25) is 4.99 Å². The van der Waals surface area contributed by atoms with Crippen molar-refractivity contribution in [1.82, 2.24) is 4.90 Å². The number of nitrogens with zero attached hydrogens (tertiary/aromatic N) is 2. The number of hydrogen-bond acceptors (Lipinski definition) is 2. The van der Waals surface area contributed by atoms with Crippen LogP contribution in [0.1, 0.15) is 86.0 Å². The summed E-state index contributed by atoms with van der Waals surface area (Å²) in [5.74, 6) is 1.36. The first-order chi connectivity index (χ1) is 8.96. The molecule has 0 aliphatic carbocycles. The van der Waals surface area contributed by atoms with Gasteiger partial charge >= 0.3 is 0 Å². The van der Waals surface area contributed by atoms with E-state index in [0.29, 0.717) is 6.04 Å². The topological polar surface area (TPSA) is 15.6 Å². The minimum atomic E-state index is 0.126. The average Bonchev–Trinajstić information content (AvgIpc) is 2.64. The van der Waals surface area contributed by atoms with Crippen molar-refractivity contribution in [1.29, 1.82) is 0 Å². The Balaban J connectivity index is 2.23. The standard InChI is InChI=1S/C17H34N2/c1-6-7-8-9-10-11-12-13-16-18-17(4,5)14-19(16)15(2)3/h15H,6-14H2,1-5H3. The van der Waals surface area contributed by atoms with Gasteiger partial charge in [0.2, 0.25) is 0 Å². The summed E-state index contributed by atoms with van der Waals surface area (Å²) in [5.41, 5.74) is 0.126. The van der Waals surface area contributed by atoms with Gasteiger partial charge in [0.15, 0.2) is 0 Å². The van der Waals surface area contributed by atoms with E-state index in [2.05, 4.69) is 39.5 Å². The van der Waals surface area contributed by atoms with Crippen molar-refractivity contribution in [3.63, 3.8) is 0 Å². The molecule has 112 valence electrons. The van der Waals surface area contributed by atoms with Gasteiger partial charge in [-0.15, -0.1) is 0 Å². The van der Waals surface area contributed by atoms with E-state index in [1.807, 2.05) is 0 Å². The lowest BCUT2D eigenvalue weighted by Crippen LogP contribution is -2.37. The van der Waals surface area contributed by atoms with Crippen molar-refractivity contribution in [2.24, 2.45) is 4.99 Å². The maximum atomic E-state index is 4.91. The zero-order chi connectivity index (χ0) is 14.3. The molecular formula is C17H34N2. The molecule has 1 heterocycles. The number of aliphatic imine (C=N–C) groups is 1. The van der Waals surface area contributed by atoms with Crippen molar-refractivity contribution in [3.8, 4) is 0 Å². The highest BCUT2D eigenvalue weighted by Crippen LogP contribution is 2.24. The van der Waals surface area contributed by atoms with Gasteiger partial charge in [-0.25, -0.2) is 0 Å². The Hall–Kier alpha value is -0.530. The van der Waals surface area contributed by atoms with E-state index in [-0.39, 0.29) is 5.54 Å². The number of hydrogen-bond donors (Lipinski definition) is 0. The normalized spacial score (nSPS) is 18.2. The lowest BCUT2D eigenvalue weighted by molar-refractivity contribution is 0.320. The van der Waals surface area contributed by atoms with Crippen molar-refractivity contribution < 1.29 is 0 Å². The van der Waals surface area contributed by atoms with Crippen molar-refractivity contribution >= 4 is 5.84 Å². The Morgan fingerprint density at radius 3 is 2.21 bits per heavy atom. The van der Waals surface area contributed by atoms with Gasteiger partial charge in [0, 0.05) is 19.0 Å². The number of unbranched alkanes of at least 4 members (excludes halogenated alkanes) is 6. The molecule has 0 unspecified atom stereocenters. The van der Waals surface area contributed by atoms with Crippen LogP contribution in [0.4, 0.5) is 0 Å². The van der Waals surface area contributed by atoms with Crippen LogP contribution in [0.2, 0.25) is 0 Å². The van der Waals surface area contributed by atoms with Crippen LogP contribution in [-0.2, 0) is 0 Å². The Bertz CT molecular complexity index is 279. The minimum Gasteiger partial charge on any atom is -0.356 e. The highest BCUT2D eigenvalue weighted by molar-refractivity contribution is 5.84. The van der Waals surface area contributed by atoms with Gasteiger partial charge in [0.25, 0.3) is 0 Å². The van der Waals surface area contributed by atoms with Gasteiger partial charge in [-0.2, -0.15) is 0 Å². The molecular weight excluding hydrogens is 232 g/mol. The van der Waals surface area contributed by atoms with Crippen LogP contribution in [0.15, 0.2) is 4.99 Å². The first-order valence-corrected chi connectivity index (χ1v) is 8.31. The Morgan fingerprint density at radius 2 is 1.63 bits per heavy atom. The molecule has 1 aliphatic rings. The molecule has 0 aromatic rings. The third kappa shape index (κ3) is 5.97. The lowest BCUT2D eigenvalue weighted by Gasteiger charge is -2.26.